The smallest absolute Gasteiger partial charge is 0.0673 e. The van der Waals surface area contributed by atoms with E-state index in [1.807, 2.05) is 0 Å². The third kappa shape index (κ3) is 3.93. The first kappa shape index (κ1) is 12.7. The molecule has 86 valence electrons. The average Bonchev–Trinajstić information content (AvgIpc) is 2.59. The van der Waals surface area contributed by atoms with Crippen LogP contribution in [0.25, 0.3) is 0 Å². The van der Waals surface area contributed by atoms with E-state index in [-0.39, 0.29) is 0 Å². The van der Waals surface area contributed by atoms with Crippen LogP contribution in [-0.4, -0.2) is 19.3 Å². The Bertz CT molecular complexity index is 283. The zero-order valence-corrected chi connectivity index (χ0v) is 10.9. The van der Waals surface area contributed by atoms with Crippen LogP contribution in [0.3, 0.4) is 0 Å². The van der Waals surface area contributed by atoms with Crippen molar-refractivity contribution in [2.75, 3.05) is 13.2 Å². The molecule has 0 bridgehead atoms. The van der Waals surface area contributed by atoms with Crippen LogP contribution in [0.15, 0.2) is 11.4 Å². The SMILES string of the molecule is CCNC(COC(C)C)c1sccc1C. The van der Waals surface area contributed by atoms with Gasteiger partial charge in [0.15, 0.2) is 0 Å². The van der Waals surface area contributed by atoms with E-state index in [2.05, 4.69) is 44.5 Å². The predicted molar refractivity (Wildman–Crippen MR) is 66.6 cm³/mol. The second kappa shape index (κ2) is 6.26. The molecule has 1 aromatic heterocycles. The van der Waals surface area contributed by atoms with Crippen molar-refractivity contribution in [3.8, 4) is 0 Å². The molecule has 2 nitrogen and oxygen atoms in total. The topological polar surface area (TPSA) is 21.3 Å². The van der Waals surface area contributed by atoms with Gasteiger partial charge in [0.25, 0.3) is 0 Å². The van der Waals surface area contributed by atoms with Crippen LogP contribution in [0.1, 0.15) is 37.3 Å². The number of nitrogens with one attached hydrogen (secondary N) is 1. The number of hydrogen-bond donors (Lipinski definition) is 1. The Kier molecular flexibility index (Phi) is 5.29. The molecular formula is C12H21NOS. The quantitative estimate of drug-likeness (QED) is 0.806. The second-order valence-electron chi connectivity index (χ2n) is 3.96. The molecule has 1 unspecified atom stereocenters. The number of thiophene rings is 1. The van der Waals surface area contributed by atoms with Gasteiger partial charge >= 0.3 is 0 Å². The normalized spacial score (nSPS) is 13.4. The van der Waals surface area contributed by atoms with Gasteiger partial charge in [-0.1, -0.05) is 6.92 Å². The molecule has 0 radical (unpaired) electrons. The Morgan fingerprint density at radius 2 is 2.20 bits per heavy atom. The van der Waals surface area contributed by atoms with Crippen molar-refractivity contribution in [1.82, 2.24) is 5.32 Å². The highest BCUT2D eigenvalue weighted by molar-refractivity contribution is 7.10. The summed E-state index contributed by atoms with van der Waals surface area (Å²) < 4.78 is 5.68. The molecule has 1 aromatic rings. The minimum atomic E-state index is 0.298. The van der Waals surface area contributed by atoms with E-state index in [1.165, 1.54) is 10.4 Å². The van der Waals surface area contributed by atoms with Crippen molar-refractivity contribution in [1.29, 1.82) is 0 Å². The standard InChI is InChI=1S/C12H21NOS/c1-5-13-11(8-14-9(2)3)12-10(4)6-7-15-12/h6-7,9,11,13H,5,8H2,1-4H3. The summed E-state index contributed by atoms with van der Waals surface area (Å²) in [7, 11) is 0. The summed E-state index contributed by atoms with van der Waals surface area (Å²) in [6.07, 6.45) is 0.298. The largest absolute Gasteiger partial charge is 0.377 e. The summed E-state index contributed by atoms with van der Waals surface area (Å²) in [4.78, 5) is 1.40. The van der Waals surface area contributed by atoms with E-state index in [0.29, 0.717) is 12.1 Å². The highest BCUT2D eigenvalue weighted by Gasteiger charge is 2.14. The van der Waals surface area contributed by atoms with Crippen LogP contribution in [0, 0.1) is 6.92 Å². The van der Waals surface area contributed by atoms with Crippen molar-refractivity contribution in [2.45, 2.75) is 39.8 Å². The average molecular weight is 227 g/mol. The first-order valence-corrected chi connectivity index (χ1v) is 6.42. The van der Waals surface area contributed by atoms with Crippen molar-refractivity contribution in [3.63, 3.8) is 0 Å². The molecule has 0 spiro atoms. The van der Waals surface area contributed by atoms with E-state index in [0.717, 1.165) is 13.2 Å². The lowest BCUT2D eigenvalue weighted by molar-refractivity contribution is 0.0620. The molecule has 1 rings (SSSR count). The third-order valence-corrected chi connectivity index (χ3v) is 3.40. The van der Waals surface area contributed by atoms with Gasteiger partial charge in [-0.05, 0) is 44.3 Å². The van der Waals surface area contributed by atoms with Crippen LogP contribution in [0.2, 0.25) is 0 Å². The number of aryl methyl sites for hydroxylation is 1. The van der Waals surface area contributed by atoms with Gasteiger partial charge < -0.3 is 10.1 Å². The molecule has 15 heavy (non-hydrogen) atoms. The molecule has 1 heterocycles. The Morgan fingerprint density at radius 1 is 1.47 bits per heavy atom. The summed E-state index contributed by atoms with van der Waals surface area (Å²) >= 11 is 1.81. The highest BCUT2D eigenvalue weighted by Crippen LogP contribution is 2.24. The Morgan fingerprint density at radius 3 is 2.67 bits per heavy atom. The fourth-order valence-corrected chi connectivity index (χ4v) is 2.49. The van der Waals surface area contributed by atoms with E-state index in [4.69, 9.17) is 4.74 Å². The van der Waals surface area contributed by atoms with Crippen molar-refractivity contribution in [2.24, 2.45) is 0 Å². The summed E-state index contributed by atoms with van der Waals surface area (Å²) in [5.41, 5.74) is 1.36. The van der Waals surface area contributed by atoms with Crippen LogP contribution in [-0.2, 0) is 4.74 Å². The first-order valence-electron chi connectivity index (χ1n) is 5.54. The van der Waals surface area contributed by atoms with Gasteiger partial charge in [0.1, 0.15) is 0 Å². The van der Waals surface area contributed by atoms with Gasteiger partial charge in [0.05, 0.1) is 18.8 Å². The van der Waals surface area contributed by atoms with Gasteiger partial charge in [0, 0.05) is 4.88 Å². The fraction of sp³-hybridized carbons (Fsp3) is 0.667. The molecule has 0 amide bonds. The number of likely N-dealkylation sites (N-methyl/N-ethyl adjacent to an activating group) is 1. The summed E-state index contributed by atoms with van der Waals surface area (Å²) in [5, 5.41) is 5.61. The molecule has 1 atom stereocenters. The van der Waals surface area contributed by atoms with Crippen LogP contribution < -0.4 is 5.32 Å². The van der Waals surface area contributed by atoms with E-state index < -0.39 is 0 Å². The van der Waals surface area contributed by atoms with E-state index >= 15 is 0 Å². The van der Waals surface area contributed by atoms with Gasteiger partial charge in [-0.15, -0.1) is 11.3 Å². The molecule has 0 saturated carbocycles. The maximum absolute atomic E-state index is 5.68. The Labute approximate surface area is 96.7 Å². The predicted octanol–water partition coefficient (Wildman–Crippen LogP) is 3.13. The Hall–Kier alpha value is -0.380. The number of hydrogen-bond acceptors (Lipinski definition) is 3. The molecule has 0 aliphatic rings. The third-order valence-electron chi connectivity index (χ3n) is 2.26. The molecular weight excluding hydrogens is 206 g/mol. The number of ether oxygens (including phenoxy) is 1. The summed E-state index contributed by atoms with van der Waals surface area (Å²) in [5.74, 6) is 0. The zero-order chi connectivity index (χ0) is 11.3. The molecule has 0 aliphatic heterocycles. The lowest BCUT2D eigenvalue weighted by Crippen LogP contribution is -2.26. The molecule has 1 N–H and O–H groups in total. The fourth-order valence-electron chi connectivity index (χ4n) is 1.50. The van der Waals surface area contributed by atoms with E-state index in [1.54, 1.807) is 11.3 Å². The van der Waals surface area contributed by atoms with Gasteiger partial charge in [0.2, 0.25) is 0 Å². The minimum absolute atomic E-state index is 0.298. The van der Waals surface area contributed by atoms with E-state index in [9.17, 15) is 0 Å². The maximum atomic E-state index is 5.68. The van der Waals surface area contributed by atoms with Crippen LogP contribution in [0.5, 0.6) is 0 Å². The minimum Gasteiger partial charge on any atom is -0.377 e. The summed E-state index contributed by atoms with van der Waals surface area (Å²) in [6.45, 7) is 10.2. The van der Waals surface area contributed by atoms with Crippen LogP contribution in [0.4, 0.5) is 0 Å². The lowest BCUT2D eigenvalue weighted by atomic mass is 10.2. The second-order valence-corrected chi connectivity index (χ2v) is 4.91. The number of rotatable bonds is 6. The first-order chi connectivity index (χ1) is 7.15. The molecule has 3 heteroatoms. The van der Waals surface area contributed by atoms with Crippen LogP contribution >= 0.6 is 11.3 Å². The highest BCUT2D eigenvalue weighted by atomic mass is 32.1. The molecule has 0 aliphatic carbocycles. The van der Waals surface area contributed by atoms with Crippen molar-refractivity contribution in [3.05, 3.63) is 21.9 Å². The maximum Gasteiger partial charge on any atom is 0.0673 e. The zero-order valence-electron chi connectivity index (χ0n) is 10.0. The van der Waals surface area contributed by atoms with Gasteiger partial charge in [-0.3, -0.25) is 0 Å². The summed E-state index contributed by atoms with van der Waals surface area (Å²) in [6, 6.07) is 2.51. The molecule has 0 saturated heterocycles. The Balaban J connectivity index is 2.61. The van der Waals surface area contributed by atoms with Gasteiger partial charge in [-0.25, -0.2) is 0 Å². The molecule has 0 aromatic carbocycles. The monoisotopic (exact) mass is 227 g/mol. The van der Waals surface area contributed by atoms with Gasteiger partial charge in [-0.2, -0.15) is 0 Å². The molecule has 0 fully saturated rings. The van der Waals surface area contributed by atoms with Crippen molar-refractivity contribution < 1.29 is 4.74 Å². The lowest BCUT2D eigenvalue weighted by Gasteiger charge is -2.19. The van der Waals surface area contributed by atoms with Crippen molar-refractivity contribution >= 4 is 11.3 Å².